The van der Waals surface area contributed by atoms with Crippen LogP contribution in [-0.4, -0.2) is 26.1 Å². The summed E-state index contributed by atoms with van der Waals surface area (Å²) in [5, 5.41) is 15.0. The van der Waals surface area contributed by atoms with E-state index in [4.69, 9.17) is 4.74 Å². The minimum Gasteiger partial charge on any atom is -0.380 e. The van der Waals surface area contributed by atoms with Crippen molar-refractivity contribution in [2.75, 3.05) is 0 Å². The van der Waals surface area contributed by atoms with Crippen LogP contribution in [0.15, 0.2) is 12.3 Å². The summed E-state index contributed by atoms with van der Waals surface area (Å²) in [4.78, 5) is 0. The summed E-state index contributed by atoms with van der Waals surface area (Å²) in [6.45, 7) is 7.86. The molecule has 1 N–H and O–H groups in total. The number of rotatable bonds is 1. The van der Waals surface area contributed by atoms with Gasteiger partial charge in [0, 0.05) is 19.7 Å². The number of aromatic nitrogens is 2. The zero-order valence-electron chi connectivity index (χ0n) is 10.6. The van der Waals surface area contributed by atoms with E-state index in [9.17, 15) is 5.11 Å². The average molecular weight is 224 g/mol. The maximum atomic E-state index is 10.9. The van der Waals surface area contributed by atoms with Crippen LogP contribution in [0.2, 0.25) is 0 Å². The van der Waals surface area contributed by atoms with Gasteiger partial charge in [-0.2, -0.15) is 5.10 Å². The second-order valence-electron chi connectivity index (χ2n) is 5.75. The standard InChI is InChI=1S/C12H20N2O2/c1-10(2)8-12(15,11(3,4)16-10)9-6-7-13-14(9)5/h6-7,15H,8H2,1-5H3. The molecule has 0 radical (unpaired) electrons. The molecule has 1 fully saturated rings. The van der Waals surface area contributed by atoms with Crippen molar-refractivity contribution < 1.29 is 9.84 Å². The molecule has 1 aromatic rings. The molecular weight excluding hydrogens is 204 g/mol. The van der Waals surface area contributed by atoms with Crippen molar-refractivity contribution >= 4 is 0 Å². The molecule has 4 nitrogen and oxygen atoms in total. The normalized spacial score (nSPS) is 31.9. The molecule has 0 amide bonds. The second-order valence-corrected chi connectivity index (χ2v) is 5.75. The largest absolute Gasteiger partial charge is 0.380 e. The lowest BCUT2D eigenvalue weighted by Crippen LogP contribution is -2.44. The Hall–Kier alpha value is -0.870. The van der Waals surface area contributed by atoms with Gasteiger partial charge in [0.25, 0.3) is 0 Å². The van der Waals surface area contributed by atoms with Crippen LogP contribution in [0.1, 0.15) is 39.8 Å². The van der Waals surface area contributed by atoms with Crippen LogP contribution in [0.5, 0.6) is 0 Å². The van der Waals surface area contributed by atoms with Crippen molar-refractivity contribution in [3.63, 3.8) is 0 Å². The van der Waals surface area contributed by atoms with E-state index in [1.807, 2.05) is 40.8 Å². The molecule has 2 rings (SSSR count). The molecule has 2 heterocycles. The van der Waals surface area contributed by atoms with Crippen molar-refractivity contribution in [3.8, 4) is 0 Å². The highest BCUT2D eigenvalue weighted by Crippen LogP contribution is 2.50. The Morgan fingerprint density at radius 3 is 2.38 bits per heavy atom. The first-order chi connectivity index (χ1) is 7.18. The van der Waals surface area contributed by atoms with Crippen molar-refractivity contribution in [3.05, 3.63) is 18.0 Å². The maximum absolute atomic E-state index is 10.9. The minimum atomic E-state index is -0.984. The fraction of sp³-hybridized carbons (Fsp3) is 0.750. The number of aliphatic hydroxyl groups is 1. The Bertz CT molecular complexity index is 409. The lowest BCUT2D eigenvalue weighted by atomic mass is 9.80. The predicted molar refractivity (Wildman–Crippen MR) is 61.0 cm³/mol. The van der Waals surface area contributed by atoms with Crippen molar-refractivity contribution in [1.82, 2.24) is 9.78 Å². The molecule has 1 aliphatic rings. The smallest absolute Gasteiger partial charge is 0.137 e. The van der Waals surface area contributed by atoms with E-state index in [0.29, 0.717) is 6.42 Å². The molecule has 0 saturated carbocycles. The highest BCUT2D eigenvalue weighted by molar-refractivity contribution is 5.21. The summed E-state index contributed by atoms with van der Waals surface area (Å²) in [6, 6.07) is 1.85. The molecule has 90 valence electrons. The van der Waals surface area contributed by atoms with Crippen molar-refractivity contribution in [2.45, 2.75) is 50.9 Å². The highest BCUT2D eigenvalue weighted by atomic mass is 16.5. The Morgan fingerprint density at radius 1 is 1.38 bits per heavy atom. The summed E-state index contributed by atoms with van der Waals surface area (Å²) >= 11 is 0. The van der Waals surface area contributed by atoms with Gasteiger partial charge in [0.2, 0.25) is 0 Å². The molecule has 1 unspecified atom stereocenters. The molecule has 16 heavy (non-hydrogen) atoms. The first-order valence-electron chi connectivity index (χ1n) is 5.59. The third kappa shape index (κ3) is 1.48. The van der Waals surface area contributed by atoms with E-state index >= 15 is 0 Å². The second kappa shape index (κ2) is 3.08. The van der Waals surface area contributed by atoms with E-state index < -0.39 is 11.2 Å². The monoisotopic (exact) mass is 224 g/mol. The van der Waals surface area contributed by atoms with Gasteiger partial charge in [-0.1, -0.05) is 0 Å². The van der Waals surface area contributed by atoms with Gasteiger partial charge in [-0.3, -0.25) is 4.68 Å². The molecule has 0 spiro atoms. The lowest BCUT2D eigenvalue weighted by Gasteiger charge is -2.34. The van der Waals surface area contributed by atoms with Gasteiger partial charge in [-0.25, -0.2) is 0 Å². The van der Waals surface area contributed by atoms with Gasteiger partial charge in [-0.15, -0.1) is 0 Å². The fourth-order valence-corrected chi connectivity index (χ4v) is 2.82. The topological polar surface area (TPSA) is 47.3 Å². The van der Waals surface area contributed by atoms with E-state index in [0.717, 1.165) is 5.69 Å². The first-order valence-corrected chi connectivity index (χ1v) is 5.59. The minimum absolute atomic E-state index is 0.317. The van der Waals surface area contributed by atoms with E-state index in [1.54, 1.807) is 10.9 Å². The predicted octanol–water partition coefficient (Wildman–Crippen LogP) is 1.59. The molecule has 1 atom stereocenters. The zero-order valence-corrected chi connectivity index (χ0v) is 10.6. The number of hydrogen-bond acceptors (Lipinski definition) is 3. The van der Waals surface area contributed by atoms with Gasteiger partial charge in [0.05, 0.1) is 16.9 Å². The summed E-state index contributed by atoms with van der Waals surface area (Å²) in [5.74, 6) is 0. The van der Waals surface area contributed by atoms with Crippen molar-refractivity contribution in [1.29, 1.82) is 0 Å². The van der Waals surface area contributed by atoms with Gasteiger partial charge >= 0.3 is 0 Å². The molecule has 1 aliphatic heterocycles. The maximum Gasteiger partial charge on any atom is 0.137 e. The lowest BCUT2D eigenvalue weighted by molar-refractivity contribution is -0.132. The number of hydrogen-bond donors (Lipinski definition) is 1. The Balaban J connectivity index is 2.50. The third-order valence-electron chi connectivity index (χ3n) is 3.45. The quantitative estimate of drug-likeness (QED) is 0.788. The van der Waals surface area contributed by atoms with Gasteiger partial charge in [0.1, 0.15) is 5.60 Å². The summed E-state index contributed by atoms with van der Waals surface area (Å²) < 4.78 is 7.65. The average Bonchev–Trinajstić information content (AvgIpc) is 2.53. The SMILES string of the molecule is Cn1nccc1C1(O)CC(C)(C)OC1(C)C. The number of aryl methyl sites for hydroxylation is 1. The Morgan fingerprint density at radius 2 is 2.00 bits per heavy atom. The van der Waals surface area contributed by atoms with Gasteiger partial charge in [-0.05, 0) is 33.8 Å². The van der Waals surface area contributed by atoms with Crippen LogP contribution in [0.4, 0.5) is 0 Å². The van der Waals surface area contributed by atoms with Crippen LogP contribution < -0.4 is 0 Å². The van der Waals surface area contributed by atoms with Crippen LogP contribution >= 0.6 is 0 Å². The van der Waals surface area contributed by atoms with Crippen LogP contribution in [0.3, 0.4) is 0 Å². The molecule has 1 saturated heterocycles. The van der Waals surface area contributed by atoms with Gasteiger partial charge in [0.15, 0.2) is 0 Å². The zero-order chi connectivity index (χ0) is 12.2. The molecule has 1 aromatic heterocycles. The van der Waals surface area contributed by atoms with E-state index in [1.165, 1.54) is 0 Å². The number of ether oxygens (including phenoxy) is 1. The number of nitrogens with zero attached hydrogens (tertiary/aromatic N) is 2. The summed E-state index contributed by atoms with van der Waals surface area (Å²) in [5.41, 5.74) is -1.10. The van der Waals surface area contributed by atoms with E-state index in [2.05, 4.69) is 5.10 Å². The molecule has 0 aliphatic carbocycles. The van der Waals surface area contributed by atoms with Crippen LogP contribution in [-0.2, 0) is 17.4 Å². The van der Waals surface area contributed by atoms with Crippen molar-refractivity contribution in [2.24, 2.45) is 7.05 Å². The third-order valence-corrected chi connectivity index (χ3v) is 3.45. The first kappa shape index (κ1) is 11.6. The van der Waals surface area contributed by atoms with E-state index in [-0.39, 0.29) is 5.60 Å². The molecular formula is C12H20N2O2. The molecule has 4 heteroatoms. The molecule has 0 bridgehead atoms. The van der Waals surface area contributed by atoms with Crippen LogP contribution in [0, 0.1) is 0 Å². The summed E-state index contributed by atoms with van der Waals surface area (Å²) in [6.07, 6.45) is 2.28. The summed E-state index contributed by atoms with van der Waals surface area (Å²) in [7, 11) is 1.84. The Labute approximate surface area is 96.2 Å². The Kier molecular flexibility index (Phi) is 2.23. The van der Waals surface area contributed by atoms with Crippen LogP contribution in [0.25, 0.3) is 0 Å². The molecule has 0 aromatic carbocycles. The fourth-order valence-electron chi connectivity index (χ4n) is 2.82. The highest BCUT2D eigenvalue weighted by Gasteiger charge is 2.58. The van der Waals surface area contributed by atoms with Gasteiger partial charge < -0.3 is 9.84 Å².